The molecular formula is C12H16ClNS. The fourth-order valence-electron chi connectivity index (χ4n) is 2.05. The Balaban J connectivity index is 2.41. The molecule has 1 atom stereocenters. The number of nitrogens with one attached hydrogen (secondary N) is 1. The number of hydrogen-bond acceptors (Lipinski definition) is 2. The van der Waals surface area contributed by atoms with E-state index in [1.807, 2.05) is 11.8 Å². The van der Waals surface area contributed by atoms with Crippen LogP contribution < -0.4 is 5.32 Å². The molecule has 1 N–H and O–H groups in total. The SMILES string of the molecule is CCNC1CSCc2c(Cl)cc(C)cc21. The van der Waals surface area contributed by atoms with Crippen molar-refractivity contribution in [2.75, 3.05) is 12.3 Å². The lowest BCUT2D eigenvalue weighted by atomic mass is 9.99. The minimum absolute atomic E-state index is 0.473. The van der Waals surface area contributed by atoms with E-state index in [9.17, 15) is 0 Å². The molecule has 0 radical (unpaired) electrons. The molecule has 1 unspecified atom stereocenters. The maximum atomic E-state index is 6.27. The van der Waals surface area contributed by atoms with E-state index in [2.05, 4.69) is 31.3 Å². The van der Waals surface area contributed by atoms with Gasteiger partial charge in [-0.05, 0) is 36.2 Å². The molecule has 0 aliphatic carbocycles. The van der Waals surface area contributed by atoms with E-state index in [0.29, 0.717) is 6.04 Å². The van der Waals surface area contributed by atoms with Crippen LogP contribution in [0.4, 0.5) is 0 Å². The Morgan fingerprint density at radius 1 is 1.53 bits per heavy atom. The van der Waals surface area contributed by atoms with Crippen LogP contribution in [0.2, 0.25) is 5.02 Å². The first-order chi connectivity index (χ1) is 7.22. The molecule has 1 aromatic rings. The van der Waals surface area contributed by atoms with Crippen molar-refractivity contribution in [3.05, 3.63) is 33.8 Å². The summed E-state index contributed by atoms with van der Waals surface area (Å²) in [6.07, 6.45) is 0. The van der Waals surface area contributed by atoms with E-state index < -0.39 is 0 Å². The van der Waals surface area contributed by atoms with Crippen molar-refractivity contribution in [2.24, 2.45) is 0 Å². The number of halogens is 1. The van der Waals surface area contributed by atoms with Crippen molar-refractivity contribution in [2.45, 2.75) is 25.6 Å². The number of fused-ring (bicyclic) bond motifs is 1. The standard InChI is InChI=1S/C12H16ClNS/c1-3-14-12-7-15-6-10-9(12)4-8(2)5-11(10)13/h4-5,12,14H,3,6-7H2,1-2H3. The Kier molecular flexibility index (Phi) is 3.60. The summed E-state index contributed by atoms with van der Waals surface area (Å²) in [5, 5.41) is 4.45. The Morgan fingerprint density at radius 3 is 3.07 bits per heavy atom. The molecule has 1 nitrogen and oxygen atoms in total. The van der Waals surface area contributed by atoms with Gasteiger partial charge in [0.2, 0.25) is 0 Å². The van der Waals surface area contributed by atoms with Gasteiger partial charge < -0.3 is 5.32 Å². The maximum absolute atomic E-state index is 6.27. The van der Waals surface area contributed by atoms with Crippen LogP contribution in [0.3, 0.4) is 0 Å². The first-order valence-electron chi connectivity index (χ1n) is 5.32. The smallest absolute Gasteiger partial charge is 0.0452 e. The quantitative estimate of drug-likeness (QED) is 0.850. The molecule has 0 bridgehead atoms. The number of benzene rings is 1. The highest BCUT2D eigenvalue weighted by molar-refractivity contribution is 7.98. The summed E-state index contributed by atoms with van der Waals surface area (Å²) in [5.74, 6) is 2.21. The van der Waals surface area contributed by atoms with Gasteiger partial charge in [0.05, 0.1) is 0 Å². The normalized spacial score (nSPS) is 20.1. The van der Waals surface area contributed by atoms with Gasteiger partial charge in [-0.2, -0.15) is 11.8 Å². The molecule has 0 saturated heterocycles. The number of rotatable bonds is 2. The Bertz CT molecular complexity index is 365. The molecule has 0 saturated carbocycles. The van der Waals surface area contributed by atoms with Crippen molar-refractivity contribution < 1.29 is 0 Å². The Labute approximate surface area is 101 Å². The molecule has 0 fully saturated rings. The van der Waals surface area contributed by atoms with Crippen LogP contribution in [0.15, 0.2) is 12.1 Å². The monoisotopic (exact) mass is 241 g/mol. The van der Waals surface area contributed by atoms with Crippen LogP contribution in [0.1, 0.15) is 29.7 Å². The van der Waals surface area contributed by atoms with Crippen LogP contribution in [0.5, 0.6) is 0 Å². The summed E-state index contributed by atoms with van der Waals surface area (Å²) in [6.45, 7) is 5.27. The van der Waals surface area contributed by atoms with Crippen molar-refractivity contribution in [1.29, 1.82) is 0 Å². The predicted octanol–water partition coefficient (Wildman–Crippen LogP) is 3.55. The molecule has 0 spiro atoms. The second-order valence-corrected chi connectivity index (χ2v) is 5.38. The lowest BCUT2D eigenvalue weighted by Crippen LogP contribution is -2.26. The van der Waals surface area contributed by atoms with Gasteiger partial charge in [0.15, 0.2) is 0 Å². The molecule has 82 valence electrons. The van der Waals surface area contributed by atoms with Crippen LogP contribution in [-0.4, -0.2) is 12.3 Å². The first kappa shape index (κ1) is 11.3. The minimum atomic E-state index is 0.473. The van der Waals surface area contributed by atoms with Gasteiger partial charge in [-0.1, -0.05) is 24.6 Å². The van der Waals surface area contributed by atoms with Crippen LogP contribution >= 0.6 is 23.4 Å². The highest BCUT2D eigenvalue weighted by Crippen LogP contribution is 2.36. The fraction of sp³-hybridized carbons (Fsp3) is 0.500. The molecule has 1 aliphatic rings. The highest BCUT2D eigenvalue weighted by atomic mass is 35.5. The molecular weight excluding hydrogens is 226 g/mol. The van der Waals surface area contributed by atoms with Gasteiger partial charge in [-0.15, -0.1) is 0 Å². The largest absolute Gasteiger partial charge is 0.309 e. The van der Waals surface area contributed by atoms with Crippen molar-refractivity contribution in [3.63, 3.8) is 0 Å². The van der Waals surface area contributed by atoms with E-state index in [1.165, 1.54) is 16.7 Å². The zero-order valence-corrected chi connectivity index (χ0v) is 10.7. The molecule has 1 heterocycles. The van der Waals surface area contributed by atoms with Crippen LogP contribution in [0.25, 0.3) is 0 Å². The third-order valence-corrected chi connectivity index (χ3v) is 4.13. The van der Waals surface area contributed by atoms with E-state index in [1.54, 1.807) is 0 Å². The molecule has 1 aliphatic heterocycles. The third kappa shape index (κ3) is 2.32. The van der Waals surface area contributed by atoms with Crippen molar-refractivity contribution in [3.8, 4) is 0 Å². The topological polar surface area (TPSA) is 12.0 Å². The fourth-order valence-corrected chi connectivity index (χ4v) is 3.65. The second kappa shape index (κ2) is 4.77. The zero-order valence-electron chi connectivity index (χ0n) is 9.14. The Hall–Kier alpha value is -0.180. The van der Waals surface area contributed by atoms with E-state index in [4.69, 9.17) is 11.6 Å². The molecule has 15 heavy (non-hydrogen) atoms. The Morgan fingerprint density at radius 2 is 2.33 bits per heavy atom. The summed E-state index contributed by atoms with van der Waals surface area (Å²) in [7, 11) is 0. The van der Waals surface area contributed by atoms with Gasteiger partial charge in [0, 0.05) is 22.6 Å². The lowest BCUT2D eigenvalue weighted by molar-refractivity contribution is 0.598. The highest BCUT2D eigenvalue weighted by Gasteiger charge is 2.21. The number of hydrogen-bond donors (Lipinski definition) is 1. The van der Waals surface area contributed by atoms with Gasteiger partial charge >= 0.3 is 0 Å². The average molecular weight is 242 g/mol. The summed E-state index contributed by atoms with van der Waals surface area (Å²) in [4.78, 5) is 0. The van der Waals surface area contributed by atoms with E-state index in [-0.39, 0.29) is 0 Å². The lowest BCUT2D eigenvalue weighted by Gasteiger charge is -2.27. The average Bonchev–Trinajstić information content (AvgIpc) is 2.19. The number of thioether (sulfide) groups is 1. The van der Waals surface area contributed by atoms with E-state index >= 15 is 0 Å². The molecule has 0 aromatic heterocycles. The third-order valence-electron chi connectivity index (χ3n) is 2.73. The molecule has 0 amide bonds. The van der Waals surface area contributed by atoms with Gasteiger partial charge in [-0.25, -0.2) is 0 Å². The molecule has 2 rings (SSSR count). The van der Waals surface area contributed by atoms with Gasteiger partial charge in [-0.3, -0.25) is 0 Å². The first-order valence-corrected chi connectivity index (χ1v) is 6.85. The summed E-state index contributed by atoms with van der Waals surface area (Å²) in [6, 6.07) is 4.81. The predicted molar refractivity (Wildman–Crippen MR) is 68.8 cm³/mol. The molecule has 1 aromatic carbocycles. The van der Waals surface area contributed by atoms with Gasteiger partial charge in [0.1, 0.15) is 0 Å². The second-order valence-electron chi connectivity index (χ2n) is 3.94. The van der Waals surface area contributed by atoms with Crippen LogP contribution in [0, 0.1) is 6.92 Å². The van der Waals surface area contributed by atoms with Crippen molar-refractivity contribution >= 4 is 23.4 Å². The van der Waals surface area contributed by atoms with Crippen molar-refractivity contribution in [1.82, 2.24) is 5.32 Å². The summed E-state index contributed by atoms with van der Waals surface area (Å²) >= 11 is 8.23. The van der Waals surface area contributed by atoms with Crippen LogP contribution in [-0.2, 0) is 5.75 Å². The zero-order chi connectivity index (χ0) is 10.8. The van der Waals surface area contributed by atoms with E-state index in [0.717, 1.165) is 23.1 Å². The summed E-state index contributed by atoms with van der Waals surface area (Å²) in [5.41, 5.74) is 3.98. The molecule has 3 heteroatoms. The maximum Gasteiger partial charge on any atom is 0.0452 e. The van der Waals surface area contributed by atoms with Gasteiger partial charge in [0.25, 0.3) is 0 Å². The summed E-state index contributed by atoms with van der Waals surface area (Å²) < 4.78 is 0. The number of aryl methyl sites for hydroxylation is 1. The minimum Gasteiger partial charge on any atom is -0.309 e.